The summed E-state index contributed by atoms with van der Waals surface area (Å²) in [6.45, 7) is 3.49. The Morgan fingerprint density at radius 1 is 1.14 bits per heavy atom. The van der Waals surface area contributed by atoms with Gasteiger partial charge in [0, 0.05) is 43.2 Å². The minimum absolute atomic E-state index is 0. The fraction of sp³-hybridized carbons (Fsp3) is 0.632. The number of anilines is 1. The molecule has 2 heterocycles. The summed E-state index contributed by atoms with van der Waals surface area (Å²) in [4.78, 5) is 22.2. The average Bonchev–Trinajstić information content (AvgIpc) is 2.68. The van der Waals surface area contributed by atoms with Crippen molar-refractivity contribution in [1.29, 1.82) is 0 Å². The average molecular weight is 432 g/mol. The highest BCUT2D eigenvalue weighted by Crippen LogP contribution is 2.25. The summed E-state index contributed by atoms with van der Waals surface area (Å²) in [6, 6.07) is 0.383. The molecule has 1 aromatic heterocycles. The van der Waals surface area contributed by atoms with Gasteiger partial charge in [-0.05, 0) is 44.2 Å². The van der Waals surface area contributed by atoms with E-state index in [0.29, 0.717) is 17.6 Å². The molecular weight excluding hydrogens is 401 g/mol. The van der Waals surface area contributed by atoms with Crippen LogP contribution in [0.1, 0.15) is 50.5 Å². The molecule has 1 saturated carbocycles. The molecule has 0 aromatic carbocycles. The number of rotatable bonds is 6. The highest BCUT2D eigenvalue weighted by Gasteiger charge is 2.23. The van der Waals surface area contributed by atoms with Crippen LogP contribution in [0.25, 0.3) is 6.08 Å². The fourth-order valence-corrected chi connectivity index (χ4v) is 3.96. The number of aromatic nitrogens is 2. The van der Waals surface area contributed by atoms with Gasteiger partial charge >= 0.3 is 0 Å². The lowest BCUT2D eigenvalue weighted by Crippen LogP contribution is -2.44. The maximum atomic E-state index is 11.0. The lowest BCUT2D eigenvalue weighted by atomic mass is 9.88. The van der Waals surface area contributed by atoms with Crippen molar-refractivity contribution in [1.82, 2.24) is 20.3 Å². The predicted molar refractivity (Wildman–Crippen MR) is 115 cm³/mol. The number of carbonyl (C=O) groups is 1. The summed E-state index contributed by atoms with van der Waals surface area (Å²) in [5.41, 5.74) is 2.26. The first-order valence-electron chi connectivity index (χ1n) is 9.66. The molecule has 0 bridgehead atoms. The van der Waals surface area contributed by atoms with Crippen LogP contribution in [-0.2, 0) is 4.79 Å². The summed E-state index contributed by atoms with van der Waals surface area (Å²) in [6.07, 6.45) is 15.5. The van der Waals surface area contributed by atoms with E-state index in [4.69, 9.17) is 5.21 Å². The summed E-state index contributed by atoms with van der Waals surface area (Å²) < 4.78 is 0. The molecule has 1 aromatic rings. The Morgan fingerprint density at radius 2 is 1.86 bits per heavy atom. The van der Waals surface area contributed by atoms with Gasteiger partial charge in [0.15, 0.2) is 0 Å². The molecule has 9 heteroatoms. The van der Waals surface area contributed by atoms with Crippen LogP contribution in [0.2, 0.25) is 0 Å². The van der Waals surface area contributed by atoms with E-state index in [9.17, 15) is 4.79 Å². The Bertz CT molecular complexity index is 609. The van der Waals surface area contributed by atoms with Gasteiger partial charge in [-0.15, -0.1) is 24.8 Å². The quantitative estimate of drug-likeness (QED) is 0.363. The van der Waals surface area contributed by atoms with E-state index < -0.39 is 5.91 Å². The number of hydrogen-bond acceptors (Lipinski definition) is 6. The van der Waals surface area contributed by atoms with E-state index >= 15 is 0 Å². The van der Waals surface area contributed by atoms with Gasteiger partial charge in [-0.1, -0.05) is 19.3 Å². The third kappa shape index (κ3) is 7.91. The van der Waals surface area contributed by atoms with Crippen molar-refractivity contribution in [2.75, 3.05) is 25.0 Å². The van der Waals surface area contributed by atoms with Crippen molar-refractivity contribution < 1.29 is 10.0 Å². The number of nitrogens with one attached hydrogen (secondary N) is 2. The van der Waals surface area contributed by atoms with Crippen molar-refractivity contribution >= 4 is 42.7 Å². The zero-order valence-electron chi connectivity index (χ0n) is 16.0. The maximum Gasteiger partial charge on any atom is 0.267 e. The number of piperidine rings is 1. The molecule has 1 aliphatic heterocycles. The second kappa shape index (κ2) is 12.9. The Labute approximate surface area is 179 Å². The monoisotopic (exact) mass is 431 g/mol. The van der Waals surface area contributed by atoms with Crippen molar-refractivity contribution in [3.63, 3.8) is 0 Å². The van der Waals surface area contributed by atoms with Crippen LogP contribution in [0.4, 0.5) is 5.95 Å². The molecule has 2 fully saturated rings. The molecule has 28 heavy (non-hydrogen) atoms. The van der Waals surface area contributed by atoms with Crippen molar-refractivity contribution in [2.45, 2.75) is 51.0 Å². The Morgan fingerprint density at radius 3 is 2.54 bits per heavy atom. The molecule has 3 rings (SSSR count). The number of likely N-dealkylation sites (tertiary alicyclic amines) is 1. The highest BCUT2D eigenvalue weighted by atomic mass is 35.5. The van der Waals surface area contributed by atoms with E-state index in [1.54, 1.807) is 23.9 Å². The molecule has 0 unspecified atom stereocenters. The van der Waals surface area contributed by atoms with Gasteiger partial charge in [0.2, 0.25) is 5.95 Å². The van der Waals surface area contributed by atoms with E-state index in [1.807, 2.05) is 0 Å². The summed E-state index contributed by atoms with van der Waals surface area (Å²) in [5, 5.41) is 11.9. The van der Waals surface area contributed by atoms with Crippen LogP contribution in [0.15, 0.2) is 18.5 Å². The Kier molecular flexibility index (Phi) is 11.4. The highest BCUT2D eigenvalue weighted by molar-refractivity contribution is 5.90. The first kappa shape index (κ1) is 24.6. The molecule has 0 spiro atoms. The SMILES string of the molecule is Cl.Cl.O=C(C=Cc1cnc(N[C@@H]2CCCN(CC3CCCCC3)C2)nc1)NO. The minimum atomic E-state index is -0.576. The third-order valence-electron chi connectivity index (χ3n) is 5.29. The van der Waals surface area contributed by atoms with Crippen molar-refractivity contribution in [3.05, 3.63) is 24.0 Å². The summed E-state index contributed by atoms with van der Waals surface area (Å²) in [7, 11) is 0. The molecule has 0 radical (unpaired) electrons. The van der Waals surface area contributed by atoms with Crippen LogP contribution >= 0.6 is 24.8 Å². The first-order valence-corrected chi connectivity index (χ1v) is 9.66. The van der Waals surface area contributed by atoms with Gasteiger partial charge < -0.3 is 10.2 Å². The number of amides is 1. The van der Waals surface area contributed by atoms with Crippen molar-refractivity contribution in [3.8, 4) is 0 Å². The summed E-state index contributed by atoms with van der Waals surface area (Å²) in [5.74, 6) is 0.923. The summed E-state index contributed by atoms with van der Waals surface area (Å²) >= 11 is 0. The lowest BCUT2D eigenvalue weighted by molar-refractivity contribution is -0.124. The Balaban J connectivity index is 0.00000196. The predicted octanol–water partition coefficient (Wildman–Crippen LogP) is 3.30. The van der Waals surface area contributed by atoms with Crippen LogP contribution in [0, 0.1) is 5.92 Å². The number of hydroxylamine groups is 1. The molecule has 1 saturated heterocycles. The van der Waals surface area contributed by atoms with Crippen LogP contribution in [0.3, 0.4) is 0 Å². The molecule has 1 amide bonds. The van der Waals surface area contributed by atoms with E-state index in [0.717, 1.165) is 18.9 Å². The second-order valence-electron chi connectivity index (χ2n) is 7.40. The first-order chi connectivity index (χ1) is 12.7. The number of halogens is 2. The standard InChI is InChI=1S/C19H29N5O2.2ClH/c25-18(23-26)9-8-16-11-20-19(21-12-16)22-17-7-4-10-24(14-17)13-15-5-2-1-3-6-15;;/h8-9,11-12,15,17,26H,1-7,10,13-14H2,(H,23,25)(H,20,21,22);2*1H/t17-;;/m1../s1. The molecule has 158 valence electrons. The van der Waals surface area contributed by atoms with Crippen LogP contribution in [0.5, 0.6) is 0 Å². The molecular formula is C19H31Cl2N5O2. The minimum Gasteiger partial charge on any atom is -0.350 e. The molecule has 3 N–H and O–H groups in total. The van der Waals surface area contributed by atoms with Gasteiger partial charge in [0.1, 0.15) is 0 Å². The molecule has 1 aliphatic carbocycles. The molecule has 2 aliphatic rings. The van der Waals surface area contributed by atoms with Crippen molar-refractivity contribution in [2.24, 2.45) is 5.92 Å². The van der Waals surface area contributed by atoms with Crippen LogP contribution in [-0.4, -0.2) is 51.7 Å². The number of carbonyl (C=O) groups excluding carboxylic acids is 1. The smallest absolute Gasteiger partial charge is 0.267 e. The van der Waals surface area contributed by atoms with E-state index in [2.05, 4.69) is 20.2 Å². The molecule has 7 nitrogen and oxygen atoms in total. The second-order valence-corrected chi connectivity index (χ2v) is 7.40. The van der Waals surface area contributed by atoms with Gasteiger partial charge in [-0.25, -0.2) is 15.4 Å². The van der Waals surface area contributed by atoms with E-state index in [1.165, 1.54) is 57.7 Å². The largest absolute Gasteiger partial charge is 0.350 e. The zero-order chi connectivity index (χ0) is 18.2. The Hall–Kier alpha value is -1.41. The van der Waals surface area contributed by atoms with Crippen LogP contribution < -0.4 is 10.8 Å². The normalized spacial score (nSPS) is 20.8. The van der Waals surface area contributed by atoms with Gasteiger partial charge in [0.25, 0.3) is 5.91 Å². The van der Waals surface area contributed by atoms with Gasteiger partial charge in [-0.2, -0.15) is 0 Å². The van der Waals surface area contributed by atoms with Gasteiger partial charge in [0.05, 0.1) is 0 Å². The molecule has 1 atom stereocenters. The number of nitrogens with zero attached hydrogens (tertiary/aromatic N) is 3. The van der Waals surface area contributed by atoms with E-state index in [-0.39, 0.29) is 24.8 Å². The maximum absolute atomic E-state index is 11.0. The topological polar surface area (TPSA) is 90.4 Å². The third-order valence-corrected chi connectivity index (χ3v) is 5.29. The fourth-order valence-electron chi connectivity index (χ4n) is 3.96. The van der Waals surface area contributed by atoms with Gasteiger partial charge in [-0.3, -0.25) is 10.0 Å². The lowest BCUT2D eigenvalue weighted by Gasteiger charge is -2.36. The number of hydrogen-bond donors (Lipinski definition) is 3. The zero-order valence-corrected chi connectivity index (χ0v) is 17.7.